The number of aromatic nitrogens is 3. The third-order valence-corrected chi connectivity index (χ3v) is 8.51. The quantitative estimate of drug-likeness (QED) is 0.209. The maximum absolute atomic E-state index is 6.20. The lowest BCUT2D eigenvalue weighted by molar-refractivity contribution is 0.669. The molecule has 0 aliphatic carbocycles. The number of para-hydroxylation sites is 1. The van der Waals surface area contributed by atoms with Crippen LogP contribution in [0, 0.1) is 0 Å². The first kappa shape index (κ1) is 25.4. The van der Waals surface area contributed by atoms with Crippen LogP contribution in [0.5, 0.6) is 0 Å². The average molecular weight is 576 g/mol. The van der Waals surface area contributed by atoms with Crippen molar-refractivity contribution in [2.75, 3.05) is 0 Å². The van der Waals surface area contributed by atoms with Crippen molar-refractivity contribution in [3.05, 3.63) is 152 Å². The van der Waals surface area contributed by atoms with Crippen LogP contribution in [0.15, 0.2) is 156 Å². The van der Waals surface area contributed by atoms with E-state index in [9.17, 15) is 0 Å². The second-order valence-electron chi connectivity index (χ2n) is 11.3. The van der Waals surface area contributed by atoms with Crippen LogP contribution in [-0.2, 0) is 0 Å². The van der Waals surface area contributed by atoms with Gasteiger partial charge in [-0.3, -0.25) is 0 Å². The van der Waals surface area contributed by atoms with Crippen LogP contribution in [-0.4, -0.2) is 15.0 Å². The van der Waals surface area contributed by atoms with Crippen LogP contribution in [0.2, 0.25) is 0 Å². The topological polar surface area (TPSA) is 51.8 Å². The second-order valence-corrected chi connectivity index (χ2v) is 11.3. The second kappa shape index (κ2) is 10.2. The standard InChI is InChI=1S/C41H25N3O/c1-2-10-27(11-3-1)39-42-40(32-20-22-35-34-14-6-7-16-37(34)45-38(35)25-32)44-41(43-39)36-15-8-13-31-24-30(19-21-33(31)36)29-18-17-26-9-4-5-12-28(26)23-29/h1-25H. The molecule has 0 spiro atoms. The van der Waals surface area contributed by atoms with Gasteiger partial charge in [0.1, 0.15) is 11.2 Å². The molecule has 0 saturated heterocycles. The zero-order chi connectivity index (χ0) is 29.7. The van der Waals surface area contributed by atoms with Crippen molar-refractivity contribution >= 4 is 43.5 Å². The van der Waals surface area contributed by atoms with Crippen molar-refractivity contribution in [3.63, 3.8) is 0 Å². The van der Waals surface area contributed by atoms with Crippen LogP contribution in [0.4, 0.5) is 0 Å². The van der Waals surface area contributed by atoms with Crippen molar-refractivity contribution in [2.24, 2.45) is 0 Å². The van der Waals surface area contributed by atoms with E-state index in [1.54, 1.807) is 0 Å². The number of nitrogens with zero attached hydrogens (tertiary/aromatic N) is 3. The Balaban J connectivity index is 1.20. The molecule has 7 aromatic carbocycles. The maximum atomic E-state index is 6.20. The molecule has 2 heterocycles. The van der Waals surface area contributed by atoms with E-state index in [4.69, 9.17) is 19.4 Å². The summed E-state index contributed by atoms with van der Waals surface area (Å²) in [5.74, 6) is 1.86. The van der Waals surface area contributed by atoms with Crippen molar-refractivity contribution in [2.45, 2.75) is 0 Å². The fraction of sp³-hybridized carbons (Fsp3) is 0. The van der Waals surface area contributed by atoms with Crippen LogP contribution in [0.25, 0.3) is 88.8 Å². The molecule has 0 amide bonds. The minimum Gasteiger partial charge on any atom is -0.456 e. The molecule has 0 radical (unpaired) electrons. The van der Waals surface area contributed by atoms with Gasteiger partial charge in [0, 0.05) is 27.5 Å². The highest BCUT2D eigenvalue weighted by atomic mass is 16.3. The van der Waals surface area contributed by atoms with Crippen molar-refractivity contribution in [1.29, 1.82) is 0 Å². The van der Waals surface area contributed by atoms with E-state index in [1.165, 1.54) is 21.9 Å². The van der Waals surface area contributed by atoms with Crippen LogP contribution >= 0.6 is 0 Å². The molecule has 0 aliphatic rings. The fourth-order valence-electron chi connectivity index (χ4n) is 6.23. The molecule has 4 heteroatoms. The Morgan fingerprint density at radius 2 is 0.956 bits per heavy atom. The molecule has 0 bridgehead atoms. The first-order valence-electron chi connectivity index (χ1n) is 15.0. The molecule has 45 heavy (non-hydrogen) atoms. The van der Waals surface area contributed by atoms with Crippen LogP contribution in [0.1, 0.15) is 0 Å². The zero-order valence-corrected chi connectivity index (χ0v) is 24.2. The average Bonchev–Trinajstić information content (AvgIpc) is 3.49. The van der Waals surface area contributed by atoms with E-state index in [2.05, 4.69) is 97.1 Å². The number of furan rings is 1. The molecule has 0 aliphatic heterocycles. The van der Waals surface area contributed by atoms with Gasteiger partial charge in [0.15, 0.2) is 17.5 Å². The molecule has 210 valence electrons. The molecule has 0 fully saturated rings. The van der Waals surface area contributed by atoms with Gasteiger partial charge >= 0.3 is 0 Å². The monoisotopic (exact) mass is 575 g/mol. The van der Waals surface area contributed by atoms with Crippen molar-refractivity contribution < 1.29 is 4.42 Å². The SMILES string of the molecule is c1ccc(-c2nc(-c3ccc4c(c3)oc3ccccc34)nc(-c3cccc4cc(-c5ccc6ccccc6c5)ccc34)n2)cc1. The number of hydrogen-bond acceptors (Lipinski definition) is 4. The number of fused-ring (bicyclic) bond motifs is 5. The summed E-state index contributed by atoms with van der Waals surface area (Å²) in [6.07, 6.45) is 0. The molecular weight excluding hydrogens is 550 g/mol. The summed E-state index contributed by atoms with van der Waals surface area (Å²) in [7, 11) is 0. The highest BCUT2D eigenvalue weighted by molar-refractivity contribution is 6.06. The molecule has 9 aromatic rings. The molecule has 2 aromatic heterocycles. The largest absolute Gasteiger partial charge is 0.456 e. The first-order valence-corrected chi connectivity index (χ1v) is 15.0. The summed E-state index contributed by atoms with van der Waals surface area (Å²) in [4.78, 5) is 15.0. The predicted molar refractivity (Wildman–Crippen MR) is 184 cm³/mol. The summed E-state index contributed by atoms with van der Waals surface area (Å²) in [6, 6.07) is 52.4. The summed E-state index contributed by atoms with van der Waals surface area (Å²) in [5.41, 5.74) is 6.81. The van der Waals surface area contributed by atoms with E-state index in [1.807, 2.05) is 54.6 Å². The Kier molecular flexibility index (Phi) is 5.78. The minimum atomic E-state index is 0.603. The normalized spacial score (nSPS) is 11.6. The van der Waals surface area contributed by atoms with E-state index in [-0.39, 0.29) is 0 Å². The Bertz CT molecular complexity index is 2550. The summed E-state index contributed by atoms with van der Waals surface area (Å²) in [6.45, 7) is 0. The molecule has 0 unspecified atom stereocenters. The summed E-state index contributed by atoms with van der Waals surface area (Å²) >= 11 is 0. The highest BCUT2D eigenvalue weighted by Gasteiger charge is 2.16. The van der Waals surface area contributed by atoms with E-state index >= 15 is 0 Å². The molecule has 0 N–H and O–H groups in total. The lowest BCUT2D eigenvalue weighted by Crippen LogP contribution is -2.00. The van der Waals surface area contributed by atoms with E-state index in [0.29, 0.717) is 17.5 Å². The third-order valence-electron chi connectivity index (χ3n) is 8.51. The molecule has 0 saturated carbocycles. The Morgan fingerprint density at radius 3 is 1.84 bits per heavy atom. The summed E-state index contributed by atoms with van der Waals surface area (Å²) in [5, 5.41) is 6.86. The van der Waals surface area contributed by atoms with E-state index in [0.717, 1.165) is 49.4 Å². The zero-order valence-electron chi connectivity index (χ0n) is 24.2. The third kappa shape index (κ3) is 4.43. The number of hydrogen-bond donors (Lipinski definition) is 0. The summed E-state index contributed by atoms with van der Waals surface area (Å²) < 4.78 is 6.20. The molecule has 4 nitrogen and oxygen atoms in total. The van der Waals surface area contributed by atoms with Gasteiger partial charge in [-0.1, -0.05) is 121 Å². The molecular formula is C41H25N3O. The van der Waals surface area contributed by atoms with Gasteiger partial charge in [-0.15, -0.1) is 0 Å². The highest BCUT2D eigenvalue weighted by Crippen LogP contribution is 2.35. The van der Waals surface area contributed by atoms with Gasteiger partial charge in [-0.2, -0.15) is 0 Å². The van der Waals surface area contributed by atoms with Crippen LogP contribution < -0.4 is 0 Å². The van der Waals surface area contributed by atoms with Gasteiger partial charge in [-0.05, 0) is 63.0 Å². The van der Waals surface area contributed by atoms with Gasteiger partial charge in [0.05, 0.1) is 0 Å². The molecule has 0 atom stereocenters. The van der Waals surface area contributed by atoms with Crippen molar-refractivity contribution in [1.82, 2.24) is 15.0 Å². The van der Waals surface area contributed by atoms with E-state index < -0.39 is 0 Å². The first-order chi connectivity index (χ1) is 22.3. The van der Waals surface area contributed by atoms with Gasteiger partial charge in [-0.25, -0.2) is 15.0 Å². The Morgan fingerprint density at radius 1 is 0.333 bits per heavy atom. The smallest absolute Gasteiger partial charge is 0.164 e. The van der Waals surface area contributed by atoms with Gasteiger partial charge in [0.2, 0.25) is 0 Å². The van der Waals surface area contributed by atoms with Gasteiger partial charge in [0.25, 0.3) is 0 Å². The number of rotatable bonds is 4. The molecule has 9 rings (SSSR count). The number of benzene rings is 7. The van der Waals surface area contributed by atoms with Crippen molar-refractivity contribution in [3.8, 4) is 45.3 Å². The fourth-order valence-corrected chi connectivity index (χ4v) is 6.23. The Labute approximate surface area is 259 Å². The lowest BCUT2D eigenvalue weighted by Gasteiger charge is -2.11. The minimum absolute atomic E-state index is 0.603. The predicted octanol–water partition coefficient (Wildman–Crippen LogP) is 10.7. The lowest BCUT2D eigenvalue weighted by atomic mass is 9.96. The van der Waals surface area contributed by atoms with Crippen LogP contribution in [0.3, 0.4) is 0 Å². The maximum Gasteiger partial charge on any atom is 0.164 e. The Hall–Kier alpha value is -6.13. The van der Waals surface area contributed by atoms with Gasteiger partial charge < -0.3 is 4.42 Å².